The lowest BCUT2D eigenvalue weighted by molar-refractivity contribution is -0.118. The van der Waals surface area contributed by atoms with E-state index in [2.05, 4.69) is 15.4 Å². The number of phenolic OH excluding ortho intramolecular Hbond substituents is 2. The van der Waals surface area contributed by atoms with Crippen LogP contribution in [0.25, 0.3) is 0 Å². The van der Waals surface area contributed by atoms with Gasteiger partial charge in [0.15, 0.2) is 6.61 Å². The molecule has 0 aliphatic heterocycles. The van der Waals surface area contributed by atoms with E-state index in [4.69, 9.17) is 14.2 Å². The zero-order valence-corrected chi connectivity index (χ0v) is 29.4. The SMILES string of the molecule is CCCOC(=O)Nc1cc(Oc2ccc(C)cc2)c(C)c(C)c1O.Cc1cc(C)c(O)c(NC(=O)COc2ccc(NS(C)(=O)=O)cc2)c1. The zero-order chi connectivity index (χ0) is 36.3. The minimum absolute atomic E-state index is 0.0113. The van der Waals surface area contributed by atoms with Gasteiger partial charge in [0.2, 0.25) is 10.0 Å². The number of aromatic hydroxyl groups is 2. The standard InChI is InChI=1S/C19H23NO4.C17H20N2O5S/c1-5-10-23-19(22)20-16-11-17(13(3)14(4)18(16)21)24-15-8-6-12(2)7-9-15;1-11-8-12(2)17(21)15(9-11)18-16(20)10-24-14-6-4-13(5-7-14)19-25(3,22)23/h6-9,11,21H,5,10H2,1-4H3,(H,20,22);4-9,19,21H,10H2,1-3H3,(H,18,20). The molecule has 5 N–H and O–H groups in total. The molecule has 4 aromatic carbocycles. The van der Waals surface area contributed by atoms with Crippen molar-refractivity contribution >= 4 is 39.1 Å². The Hall–Kier alpha value is -5.43. The number of sulfonamides is 1. The number of hydrogen-bond donors (Lipinski definition) is 5. The summed E-state index contributed by atoms with van der Waals surface area (Å²) in [7, 11) is -3.34. The molecule has 0 aliphatic rings. The van der Waals surface area contributed by atoms with E-state index in [1.807, 2.05) is 58.0 Å². The first kappa shape index (κ1) is 38.0. The molecular formula is C36H43N3O9S. The lowest BCUT2D eigenvalue weighted by Crippen LogP contribution is -2.20. The lowest BCUT2D eigenvalue weighted by atomic mass is 10.1. The lowest BCUT2D eigenvalue weighted by Gasteiger charge is -2.16. The molecule has 13 heteroatoms. The van der Waals surface area contributed by atoms with E-state index in [0.29, 0.717) is 46.4 Å². The summed E-state index contributed by atoms with van der Waals surface area (Å²) in [6, 6.07) is 18.9. The van der Waals surface area contributed by atoms with Crippen LogP contribution in [-0.4, -0.2) is 50.1 Å². The molecule has 0 atom stereocenters. The number of carbonyl (C=O) groups is 2. The van der Waals surface area contributed by atoms with Gasteiger partial charge in [-0.2, -0.15) is 0 Å². The summed E-state index contributed by atoms with van der Waals surface area (Å²) in [6.45, 7) is 11.2. The summed E-state index contributed by atoms with van der Waals surface area (Å²) in [5, 5.41) is 25.4. The third-order valence-corrected chi connectivity index (χ3v) is 7.59. The Labute approximate surface area is 287 Å². The summed E-state index contributed by atoms with van der Waals surface area (Å²) >= 11 is 0. The second-order valence-electron chi connectivity index (χ2n) is 11.4. The third kappa shape index (κ3) is 12.0. The molecule has 262 valence electrons. The Morgan fingerprint density at radius 3 is 1.98 bits per heavy atom. The first-order valence-corrected chi connectivity index (χ1v) is 17.3. The molecule has 49 heavy (non-hydrogen) atoms. The van der Waals surface area contributed by atoms with Gasteiger partial charge in [0, 0.05) is 11.8 Å². The number of aryl methyl sites for hydroxylation is 3. The molecule has 2 amide bonds. The Bertz CT molecular complexity index is 1880. The predicted octanol–water partition coefficient (Wildman–Crippen LogP) is 7.47. The van der Waals surface area contributed by atoms with Gasteiger partial charge in [-0.05, 0) is 106 Å². The van der Waals surface area contributed by atoms with Crippen molar-refractivity contribution in [3.05, 3.63) is 94.5 Å². The minimum Gasteiger partial charge on any atom is -0.505 e. The Balaban J connectivity index is 0.000000266. The molecular weight excluding hydrogens is 650 g/mol. The van der Waals surface area contributed by atoms with Crippen LogP contribution in [0.15, 0.2) is 66.7 Å². The average molecular weight is 694 g/mol. The highest BCUT2D eigenvalue weighted by Crippen LogP contribution is 2.38. The van der Waals surface area contributed by atoms with E-state index >= 15 is 0 Å². The molecule has 0 saturated heterocycles. The van der Waals surface area contributed by atoms with Gasteiger partial charge in [0.05, 0.1) is 24.2 Å². The number of hydrogen-bond acceptors (Lipinski definition) is 9. The van der Waals surface area contributed by atoms with Crippen LogP contribution in [0.3, 0.4) is 0 Å². The summed E-state index contributed by atoms with van der Waals surface area (Å²) < 4.78 is 40.8. The van der Waals surface area contributed by atoms with Gasteiger partial charge >= 0.3 is 6.09 Å². The molecule has 4 rings (SSSR count). The highest BCUT2D eigenvalue weighted by Gasteiger charge is 2.16. The van der Waals surface area contributed by atoms with Crippen molar-refractivity contribution in [2.75, 3.05) is 34.8 Å². The molecule has 12 nitrogen and oxygen atoms in total. The summed E-state index contributed by atoms with van der Waals surface area (Å²) in [5.41, 5.74) is 5.18. The maximum atomic E-state index is 12.0. The van der Waals surface area contributed by atoms with Crippen molar-refractivity contribution in [2.24, 2.45) is 0 Å². The van der Waals surface area contributed by atoms with E-state index in [1.165, 1.54) is 12.1 Å². The summed E-state index contributed by atoms with van der Waals surface area (Å²) in [6.07, 6.45) is 1.19. The van der Waals surface area contributed by atoms with Crippen LogP contribution >= 0.6 is 0 Å². The predicted molar refractivity (Wildman–Crippen MR) is 191 cm³/mol. The van der Waals surface area contributed by atoms with Gasteiger partial charge in [-0.1, -0.05) is 30.7 Å². The van der Waals surface area contributed by atoms with Gasteiger partial charge in [-0.3, -0.25) is 14.8 Å². The molecule has 0 bridgehead atoms. The van der Waals surface area contributed by atoms with Crippen LogP contribution in [0.1, 0.15) is 41.2 Å². The second-order valence-corrected chi connectivity index (χ2v) is 13.2. The number of carbonyl (C=O) groups excluding carboxylic acids is 2. The molecule has 0 fully saturated rings. The van der Waals surface area contributed by atoms with Gasteiger partial charge in [0.25, 0.3) is 5.91 Å². The molecule has 0 saturated carbocycles. The van der Waals surface area contributed by atoms with E-state index in [1.54, 1.807) is 38.1 Å². The molecule has 0 aliphatic carbocycles. The number of benzene rings is 4. The van der Waals surface area contributed by atoms with E-state index in [0.717, 1.165) is 29.4 Å². The summed E-state index contributed by atoms with van der Waals surface area (Å²) in [5.74, 6) is 1.29. The van der Waals surface area contributed by atoms with Gasteiger partial charge < -0.3 is 29.7 Å². The number of rotatable bonds is 11. The Kier molecular flexibility index (Phi) is 13.3. The monoisotopic (exact) mass is 693 g/mol. The largest absolute Gasteiger partial charge is 0.505 e. The number of phenols is 2. The normalized spacial score (nSPS) is 10.7. The first-order chi connectivity index (χ1) is 23.1. The minimum atomic E-state index is -3.34. The van der Waals surface area contributed by atoms with Crippen LogP contribution in [0.5, 0.6) is 28.7 Å². The average Bonchev–Trinajstić information content (AvgIpc) is 3.04. The van der Waals surface area contributed by atoms with Crippen molar-refractivity contribution in [3.63, 3.8) is 0 Å². The van der Waals surface area contributed by atoms with Crippen LogP contribution in [0.4, 0.5) is 21.9 Å². The van der Waals surface area contributed by atoms with E-state index in [9.17, 15) is 28.2 Å². The van der Waals surface area contributed by atoms with Crippen LogP contribution in [0, 0.1) is 34.6 Å². The Morgan fingerprint density at radius 2 is 1.37 bits per heavy atom. The van der Waals surface area contributed by atoms with Crippen LogP contribution in [-0.2, 0) is 19.6 Å². The fourth-order valence-corrected chi connectivity index (χ4v) is 4.94. The van der Waals surface area contributed by atoms with Crippen LogP contribution in [0.2, 0.25) is 0 Å². The molecule has 0 heterocycles. The van der Waals surface area contributed by atoms with Crippen molar-refractivity contribution < 1.29 is 42.4 Å². The molecule has 0 spiro atoms. The number of nitrogens with one attached hydrogen (secondary N) is 3. The van der Waals surface area contributed by atoms with Crippen LogP contribution < -0.4 is 24.8 Å². The third-order valence-electron chi connectivity index (χ3n) is 6.99. The highest BCUT2D eigenvalue weighted by molar-refractivity contribution is 7.92. The van der Waals surface area contributed by atoms with E-state index < -0.39 is 22.0 Å². The quantitative estimate of drug-likeness (QED) is 0.0999. The Morgan fingerprint density at radius 1 is 0.755 bits per heavy atom. The maximum absolute atomic E-state index is 12.0. The van der Waals surface area contributed by atoms with Crippen molar-refractivity contribution in [1.29, 1.82) is 0 Å². The van der Waals surface area contributed by atoms with Gasteiger partial charge in [-0.25, -0.2) is 13.2 Å². The smallest absolute Gasteiger partial charge is 0.411 e. The number of anilines is 3. The molecule has 4 aromatic rings. The fraction of sp³-hybridized carbons (Fsp3) is 0.278. The highest BCUT2D eigenvalue weighted by atomic mass is 32.2. The van der Waals surface area contributed by atoms with Crippen molar-refractivity contribution in [3.8, 4) is 28.7 Å². The first-order valence-electron chi connectivity index (χ1n) is 15.4. The van der Waals surface area contributed by atoms with Crippen molar-refractivity contribution in [2.45, 2.75) is 48.0 Å². The number of ether oxygens (including phenoxy) is 3. The number of amides is 2. The van der Waals surface area contributed by atoms with Crippen molar-refractivity contribution in [1.82, 2.24) is 0 Å². The fourth-order valence-electron chi connectivity index (χ4n) is 4.37. The second kappa shape index (κ2) is 17.1. The maximum Gasteiger partial charge on any atom is 0.411 e. The summed E-state index contributed by atoms with van der Waals surface area (Å²) in [4.78, 5) is 23.7. The topological polar surface area (TPSA) is 173 Å². The zero-order valence-electron chi connectivity index (χ0n) is 28.6. The van der Waals surface area contributed by atoms with Gasteiger partial charge in [-0.15, -0.1) is 0 Å². The van der Waals surface area contributed by atoms with E-state index in [-0.39, 0.29) is 23.8 Å². The molecule has 0 radical (unpaired) electrons. The molecule has 0 unspecified atom stereocenters. The molecule has 0 aromatic heterocycles. The van der Waals surface area contributed by atoms with Gasteiger partial charge in [0.1, 0.15) is 28.7 Å².